The maximum absolute atomic E-state index is 12.6. The second-order valence-corrected chi connectivity index (χ2v) is 6.02. The fourth-order valence-corrected chi connectivity index (χ4v) is 2.44. The molecule has 0 radical (unpaired) electrons. The first-order chi connectivity index (χ1) is 11.5. The van der Waals surface area contributed by atoms with Gasteiger partial charge in [-0.25, -0.2) is 4.79 Å². The van der Waals surface area contributed by atoms with Gasteiger partial charge in [0.05, 0.1) is 0 Å². The molecule has 0 saturated heterocycles. The van der Waals surface area contributed by atoms with Crippen molar-refractivity contribution < 1.29 is 9.59 Å². The first-order valence-corrected chi connectivity index (χ1v) is 7.96. The van der Waals surface area contributed by atoms with Crippen LogP contribution in [0.1, 0.15) is 30.9 Å². The predicted octanol–water partition coefficient (Wildman–Crippen LogP) is 3.03. The molecular formula is C19H23N3O2. The van der Waals surface area contributed by atoms with E-state index in [1.54, 1.807) is 0 Å². The van der Waals surface area contributed by atoms with Crippen molar-refractivity contribution in [3.05, 3.63) is 65.7 Å². The van der Waals surface area contributed by atoms with E-state index in [0.29, 0.717) is 18.0 Å². The lowest BCUT2D eigenvalue weighted by Crippen LogP contribution is -2.47. The van der Waals surface area contributed by atoms with Crippen LogP contribution in [0.3, 0.4) is 0 Å². The number of hydrogen-bond donors (Lipinski definition) is 3. The quantitative estimate of drug-likeness (QED) is 0.762. The van der Waals surface area contributed by atoms with Gasteiger partial charge in [-0.15, -0.1) is 0 Å². The molecule has 0 aliphatic rings. The topological polar surface area (TPSA) is 84.2 Å². The molecule has 2 rings (SSSR count). The van der Waals surface area contributed by atoms with Crippen molar-refractivity contribution in [1.29, 1.82) is 0 Å². The van der Waals surface area contributed by atoms with Gasteiger partial charge in [-0.1, -0.05) is 56.3 Å². The van der Waals surface area contributed by atoms with Crippen molar-refractivity contribution in [3.8, 4) is 0 Å². The number of amides is 3. The lowest BCUT2D eigenvalue weighted by Gasteiger charge is -2.18. The van der Waals surface area contributed by atoms with Crippen LogP contribution in [0.15, 0.2) is 54.6 Å². The summed E-state index contributed by atoms with van der Waals surface area (Å²) in [5.41, 5.74) is 8.00. The van der Waals surface area contributed by atoms with Crippen molar-refractivity contribution >= 4 is 17.6 Å². The molecule has 0 saturated carbocycles. The molecule has 126 valence electrons. The number of benzene rings is 2. The Kier molecular flexibility index (Phi) is 5.95. The summed E-state index contributed by atoms with van der Waals surface area (Å²) in [6.45, 7) is 4.18. The lowest BCUT2D eigenvalue weighted by molar-refractivity contribution is -0.117. The molecule has 0 aliphatic heterocycles. The van der Waals surface area contributed by atoms with E-state index in [1.165, 1.54) is 0 Å². The number of urea groups is 1. The average molecular weight is 325 g/mol. The largest absolute Gasteiger partial charge is 0.352 e. The van der Waals surface area contributed by atoms with Crippen molar-refractivity contribution in [2.24, 2.45) is 5.73 Å². The number of carbonyl (C=O) groups is 2. The van der Waals surface area contributed by atoms with Gasteiger partial charge in [0, 0.05) is 12.1 Å². The highest BCUT2D eigenvalue weighted by Crippen LogP contribution is 2.18. The Morgan fingerprint density at radius 1 is 1.04 bits per heavy atom. The second kappa shape index (κ2) is 8.15. The van der Waals surface area contributed by atoms with Gasteiger partial charge < -0.3 is 16.4 Å². The van der Waals surface area contributed by atoms with E-state index in [9.17, 15) is 9.59 Å². The summed E-state index contributed by atoms with van der Waals surface area (Å²) in [6, 6.07) is 15.7. The minimum atomic E-state index is -0.729. The second-order valence-electron chi connectivity index (χ2n) is 6.02. The summed E-state index contributed by atoms with van der Waals surface area (Å²) >= 11 is 0. The van der Waals surface area contributed by atoms with Crippen LogP contribution >= 0.6 is 0 Å². The monoisotopic (exact) mass is 325 g/mol. The third-order valence-corrected chi connectivity index (χ3v) is 3.74. The van der Waals surface area contributed by atoms with Crippen LogP contribution in [0.5, 0.6) is 0 Å². The van der Waals surface area contributed by atoms with Crippen LogP contribution < -0.4 is 16.4 Å². The van der Waals surface area contributed by atoms with E-state index in [-0.39, 0.29) is 5.91 Å². The zero-order valence-electron chi connectivity index (χ0n) is 14.0. The summed E-state index contributed by atoms with van der Waals surface area (Å²) in [5.74, 6) is 0.0734. The molecule has 4 N–H and O–H groups in total. The first kappa shape index (κ1) is 17.5. The molecule has 0 heterocycles. The zero-order chi connectivity index (χ0) is 17.5. The summed E-state index contributed by atoms with van der Waals surface area (Å²) in [7, 11) is 0. The highest BCUT2D eigenvalue weighted by atomic mass is 16.2. The highest BCUT2D eigenvalue weighted by molar-refractivity contribution is 5.97. The molecule has 2 aromatic rings. The third-order valence-electron chi connectivity index (χ3n) is 3.74. The molecule has 1 unspecified atom stereocenters. The Bertz CT molecular complexity index is 699. The zero-order valence-corrected chi connectivity index (χ0v) is 14.0. The number of nitrogens with one attached hydrogen (secondary N) is 2. The molecule has 0 spiro atoms. The van der Waals surface area contributed by atoms with Crippen LogP contribution in [0, 0.1) is 0 Å². The van der Waals surface area contributed by atoms with E-state index < -0.39 is 12.1 Å². The number of anilines is 1. The first-order valence-electron chi connectivity index (χ1n) is 7.96. The molecule has 3 amide bonds. The SMILES string of the molecule is CC(C)c1cccc(NC(=O)C(Cc2ccccc2)NC(N)=O)c1. The summed E-state index contributed by atoms with van der Waals surface area (Å²) in [4.78, 5) is 23.8. The van der Waals surface area contributed by atoms with Gasteiger partial charge in [-0.05, 0) is 29.2 Å². The van der Waals surface area contributed by atoms with Crippen molar-refractivity contribution in [3.63, 3.8) is 0 Å². The van der Waals surface area contributed by atoms with Gasteiger partial charge in [-0.2, -0.15) is 0 Å². The van der Waals surface area contributed by atoms with Crippen molar-refractivity contribution in [2.75, 3.05) is 5.32 Å². The van der Waals surface area contributed by atoms with Gasteiger partial charge in [0.1, 0.15) is 6.04 Å². The molecule has 0 fully saturated rings. The number of hydrogen-bond acceptors (Lipinski definition) is 2. The summed E-state index contributed by atoms with van der Waals surface area (Å²) < 4.78 is 0. The molecule has 0 bridgehead atoms. The van der Waals surface area contributed by atoms with Crippen LogP contribution in [-0.4, -0.2) is 18.0 Å². The van der Waals surface area contributed by atoms with Gasteiger partial charge in [0.25, 0.3) is 0 Å². The predicted molar refractivity (Wildman–Crippen MR) is 95.8 cm³/mol. The Hall–Kier alpha value is -2.82. The number of nitrogens with two attached hydrogens (primary N) is 1. The molecule has 1 atom stereocenters. The standard InChI is InChI=1S/C19H23N3O2/c1-13(2)15-9-6-10-16(12-15)21-18(23)17(22-19(20)24)11-14-7-4-3-5-8-14/h3-10,12-13,17H,11H2,1-2H3,(H,21,23)(H3,20,22,24). The molecule has 2 aromatic carbocycles. The fourth-order valence-electron chi connectivity index (χ4n) is 2.44. The lowest BCUT2D eigenvalue weighted by atomic mass is 10.0. The molecule has 0 aliphatic carbocycles. The maximum Gasteiger partial charge on any atom is 0.312 e. The van der Waals surface area contributed by atoms with Crippen LogP contribution in [0.2, 0.25) is 0 Å². The minimum Gasteiger partial charge on any atom is -0.352 e. The molecule has 24 heavy (non-hydrogen) atoms. The van der Waals surface area contributed by atoms with E-state index >= 15 is 0 Å². The molecule has 5 heteroatoms. The van der Waals surface area contributed by atoms with Crippen LogP contribution in [-0.2, 0) is 11.2 Å². The van der Waals surface area contributed by atoms with Crippen LogP contribution in [0.4, 0.5) is 10.5 Å². The van der Waals surface area contributed by atoms with E-state index in [1.807, 2.05) is 54.6 Å². The highest BCUT2D eigenvalue weighted by Gasteiger charge is 2.20. The van der Waals surface area contributed by atoms with E-state index in [2.05, 4.69) is 24.5 Å². The number of carbonyl (C=O) groups excluding carboxylic acids is 2. The Morgan fingerprint density at radius 3 is 2.38 bits per heavy atom. The van der Waals surface area contributed by atoms with Gasteiger partial charge in [-0.3, -0.25) is 4.79 Å². The molecular weight excluding hydrogens is 302 g/mol. The minimum absolute atomic E-state index is 0.293. The maximum atomic E-state index is 12.6. The molecule has 5 nitrogen and oxygen atoms in total. The Labute approximate surface area is 142 Å². The summed E-state index contributed by atoms with van der Waals surface area (Å²) in [5, 5.41) is 5.37. The van der Waals surface area contributed by atoms with Gasteiger partial charge >= 0.3 is 6.03 Å². The normalized spacial score (nSPS) is 11.8. The summed E-state index contributed by atoms with van der Waals surface area (Å²) in [6.07, 6.45) is 0.374. The number of rotatable bonds is 6. The third kappa shape index (κ3) is 5.12. The fraction of sp³-hybridized carbons (Fsp3) is 0.263. The van der Waals surface area contributed by atoms with Gasteiger partial charge in [0.2, 0.25) is 5.91 Å². The van der Waals surface area contributed by atoms with Crippen molar-refractivity contribution in [2.45, 2.75) is 32.2 Å². The Balaban J connectivity index is 2.12. The van der Waals surface area contributed by atoms with Crippen molar-refractivity contribution in [1.82, 2.24) is 5.32 Å². The van der Waals surface area contributed by atoms with E-state index in [4.69, 9.17) is 5.73 Å². The van der Waals surface area contributed by atoms with E-state index in [0.717, 1.165) is 11.1 Å². The van der Waals surface area contributed by atoms with Gasteiger partial charge in [0.15, 0.2) is 0 Å². The average Bonchev–Trinajstić information content (AvgIpc) is 2.55. The Morgan fingerprint density at radius 2 is 1.75 bits per heavy atom. The number of primary amides is 1. The van der Waals surface area contributed by atoms with Crippen LogP contribution in [0.25, 0.3) is 0 Å². The smallest absolute Gasteiger partial charge is 0.312 e. The molecule has 0 aromatic heterocycles.